The third kappa shape index (κ3) is 6.95. The minimum atomic E-state index is -4.56. The maximum atomic E-state index is 14.2. The van der Waals surface area contributed by atoms with Crippen molar-refractivity contribution in [2.45, 2.75) is 39.4 Å². The van der Waals surface area contributed by atoms with Gasteiger partial charge in [-0.25, -0.2) is 19.9 Å². The maximum Gasteiger partial charge on any atom is 0.412 e. The van der Waals surface area contributed by atoms with Gasteiger partial charge in [-0.2, -0.15) is 13.2 Å². The highest BCUT2D eigenvalue weighted by molar-refractivity contribution is 7.21. The molecule has 1 saturated heterocycles. The number of methoxy groups -OCH3 is 1. The van der Waals surface area contributed by atoms with Gasteiger partial charge in [0.2, 0.25) is 17.2 Å². The Morgan fingerprint density at radius 3 is 2.56 bits per heavy atom. The number of anilines is 1. The highest BCUT2D eigenvalue weighted by Crippen LogP contribution is 2.33. The molecule has 13 nitrogen and oxygen atoms in total. The zero-order valence-corrected chi connectivity index (χ0v) is 27.2. The molecule has 4 aromatic heterocycles. The number of fused-ring (bicyclic) bond motifs is 1. The first-order valence-corrected chi connectivity index (χ1v) is 15.8. The number of nitrogens with one attached hydrogen (secondary N) is 1. The minimum absolute atomic E-state index is 0.108. The summed E-state index contributed by atoms with van der Waals surface area (Å²) in [6.45, 7) is 6.83. The predicted molar refractivity (Wildman–Crippen MR) is 172 cm³/mol. The van der Waals surface area contributed by atoms with Crippen LogP contribution >= 0.6 is 11.3 Å². The smallest absolute Gasteiger partial charge is 0.412 e. The van der Waals surface area contributed by atoms with E-state index in [9.17, 15) is 32.7 Å². The molecule has 0 saturated carbocycles. The van der Waals surface area contributed by atoms with E-state index >= 15 is 0 Å². The molecule has 0 spiro atoms. The molecule has 0 aromatic carbocycles. The average molecular weight is 687 g/mol. The van der Waals surface area contributed by atoms with Crippen LogP contribution in [0.2, 0.25) is 0 Å². The Labute approximate surface area is 276 Å². The van der Waals surface area contributed by atoms with Gasteiger partial charge >= 0.3 is 6.18 Å². The van der Waals surface area contributed by atoms with E-state index in [-0.39, 0.29) is 72.2 Å². The number of thiazole rings is 1. The van der Waals surface area contributed by atoms with Crippen molar-refractivity contribution in [3.8, 4) is 22.2 Å². The topological polar surface area (TPSA) is 156 Å². The zero-order chi connectivity index (χ0) is 34.7. The van der Waals surface area contributed by atoms with Crippen molar-refractivity contribution < 1.29 is 32.6 Å². The normalized spacial score (nSPS) is 13.5. The van der Waals surface area contributed by atoms with E-state index in [1.807, 2.05) is 11.8 Å². The lowest BCUT2D eigenvalue weighted by Crippen LogP contribution is -2.50. The van der Waals surface area contributed by atoms with Crippen molar-refractivity contribution in [2.24, 2.45) is 0 Å². The molecule has 17 heteroatoms. The average Bonchev–Trinajstić information content (AvgIpc) is 3.53. The molecule has 0 aliphatic carbocycles. The number of ether oxygens (including phenoxy) is 1. The third-order valence-corrected chi connectivity index (χ3v) is 9.05. The number of carbonyl (C=O) groups excluding carboxylic acids is 2. The molecule has 1 fully saturated rings. The van der Waals surface area contributed by atoms with Crippen molar-refractivity contribution in [1.29, 1.82) is 0 Å². The summed E-state index contributed by atoms with van der Waals surface area (Å²) in [5.74, 6) is -0.980. The van der Waals surface area contributed by atoms with Crippen molar-refractivity contribution in [3.05, 3.63) is 64.1 Å². The van der Waals surface area contributed by atoms with Crippen LogP contribution < -0.4 is 20.4 Å². The van der Waals surface area contributed by atoms with Gasteiger partial charge in [0.25, 0.3) is 5.91 Å². The minimum Gasteiger partial charge on any atom is -0.504 e. The number of aryl methyl sites for hydroxylation is 1. The van der Waals surface area contributed by atoms with Crippen molar-refractivity contribution in [2.75, 3.05) is 44.7 Å². The van der Waals surface area contributed by atoms with E-state index in [0.29, 0.717) is 34.3 Å². The van der Waals surface area contributed by atoms with Crippen LogP contribution in [0.25, 0.3) is 20.9 Å². The summed E-state index contributed by atoms with van der Waals surface area (Å²) in [5.41, 5.74) is 0.668. The molecular weight excluding hydrogens is 653 g/mol. The van der Waals surface area contributed by atoms with Gasteiger partial charge in [-0.05, 0) is 25.8 Å². The van der Waals surface area contributed by atoms with Gasteiger partial charge in [-0.15, -0.1) is 11.3 Å². The first-order chi connectivity index (χ1) is 22.8. The Bertz CT molecular complexity index is 1940. The van der Waals surface area contributed by atoms with Crippen molar-refractivity contribution in [3.63, 3.8) is 0 Å². The lowest BCUT2D eigenvalue weighted by atomic mass is 10.1. The molecule has 1 aliphatic rings. The molecule has 1 aliphatic heterocycles. The number of aromatic nitrogens is 5. The fourth-order valence-electron chi connectivity index (χ4n) is 5.37. The largest absolute Gasteiger partial charge is 0.504 e. The van der Waals surface area contributed by atoms with Crippen molar-refractivity contribution >= 4 is 39.2 Å². The quantitative estimate of drug-likeness (QED) is 0.237. The van der Waals surface area contributed by atoms with E-state index in [2.05, 4.69) is 26.8 Å². The highest BCUT2D eigenvalue weighted by atomic mass is 32.1. The number of amides is 2. The summed E-state index contributed by atoms with van der Waals surface area (Å²) < 4.78 is 45.9. The number of hydrogen-bond acceptors (Lipinski definition) is 11. The van der Waals surface area contributed by atoms with Crippen LogP contribution in [0.3, 0.4) is 0 Å². The molecule has 0 atom stereocenters. The second-order valence-corrected chi connectivity index (χ2v) is 12.0. The molecule has 2 amide bonds. The summed E-state index contributed by atoms with van der Waals surface area (Å²) in [6, 6.07) is 3.38. The number of rotatable bonds is 10. The first-order valence-electron chi connectivity index (χ1n) is 15.0. The van der Waals surface area contributed by atoms with E-state index in [1.165, 1.54) is 18.3 Å². The van der Waals surface area contributed by atoms with Crippen LogP contribution in [0.4, 0.5) is 18.9 Å². The zero-order valence-electron chi connectivity index (χ0n) is 26.4. The third-order valence-electron chi connectivity index (χ3n) is 7.95. The summed E-state index contributed by atoms with van der Waals surface area (Å²) in [4.78, 5) is 60.6. The lowest BCUT2D eigenvalue weighted by molar-refractivity contribution is -0.122. The molecule has 254 valence electrons. The second-order valence-electron chi connectivity index (χ2n) is 11.0. The summed E-state index contributed by atoms with van der Waals surface area (Å²) in [5, 5.41) is 13.3. The molecule has 5 rings (SSSR count). The van der Waals surface area contributed by atoms with Crippen LogP contribution in [0, 0.1) is 6.92 Å². The van der Waals surface area contributed by atoms with Crippen LogP contribution in [-0.2, 0) is 17.8 Å². The van der Waals surface area contributed by atoms with Crippen LogP contribution in [0.1, 0.15) is 35.2 Å². The predicted octanol–water partition coefficient (Wildman–Crippen LogP) is 3.48. The van der Waals surface area contributed by atoms with Gasteiger partial charge in [0.15, 0.2) is 17.1 Å². The van der Waals surface area contributed by atoms with Crippen LogP contribution in [0.5, 0.6) is 11.6 Å². The molecule has 48 heavy (non-hydrogen) atoms. The summed E-state index contributed by atoms with van der Waals surface area (Å²) in [6.07, 6.45) is -1.96. The SMILES string of the molecule is C=C(CCNC(=O)Cn1c(CC)c(N2CCN(C(=O)c3ncnc(C)c3O)CC2)c(=O)c2sc(-c3ccnc(OC)c3)nc21)C(F)(F)F. The number of halogens is 3. The Morgan fingerprint density at radius 2 is 1.90 bits per heavy atom. The van der Waals surface area contributed by atoms with E-state index < -0.39 is 30.0 Å². The standard InChI is InChI=1S/C31H33F3N8O5S/c1-5-20-24(40-10-12-41(13-11-40)30(46)23-25(44)18(3)37-16-38-23)26(45)27-28(39-29(48-27)19-7-9-36-22(14-19)47-4)42(20)15-21(43)35-8-6-17(2)31(32,33)34/h7,9,14,16,44H,2,5-6,8,10-13,15H2,1,3-4H3,(H,35,43). The number of piperazine rings is 1. The second kappa shape index (κ2) is 14.0. The van der Waals surface area contributed by atoms with Crippen LogP contribution in [0.15, 0.2) is 41.6 Å². The van der Waals surface area contributed by atoms with Gasteiger partial charge in [0, 0.05) is 61.8 Å². The van der Waals surface area contributed by atoms with Crippen molar-refractivity contribution in [1.82, 2.24) is 34.7 Å². The number of pyridine rings is 2. The lowest BCUT2D eigenvalue weighted by Gasteiger charge is -2.37. The number of aromatic hydroxyl groups is 1. The van der Waals surface area contributed by atoms with Gasteiger partial charge < -0.3 is 29.5 Å². The van der Waals surface area contributed by atoms with Gasteiger partial charge in [-0.3, -0.25) is 14.4 Å². The van der Waals surface area contributed by atoms with Gasteiger partial charge in [-0.1, -0.05) is 13.5 Å². The van der Waals surface area contributed by atoms with Crippen LogP contribution in [-0.4, -0.2) is 92.3 Å². The van der Waals surface area contributed by atoms with E-state index in [1.54, 1.807) is 29.8 Å². The van der Waals surface area contributed by atoms with Gasteiger partial charge in [0.05, 0.1) is 12.8 Å². The number of hydrogen-bond donors (Lipinski definition) is 2. The maximum absolute atomic E-state index is 14.2. The summed E-state index contributed by atoms with van der Waals surface area (Å²) in [7, 11) is 1.47. The Balaban J connectivity index is 1.50. The first kappa shape index (κ1) is 34.3. The molecule has 0 radical (unpaired) electrons. The highest BCUT2D eigenvalue weighted by Gasteiger charge is 2.32. The fraction of sp³-hybridized carbons (Fsp3) is 0.387. The molecule has 5 heterocycles. The Hall–Kier alpha value is -5.06. The number of nitrogens with zero attached hydrogens (tertiary/aromatic N) is 7. The molecular formula is C31H33F3N8O5S. The fourth-order valence-corrected chi connectivity index (χ4v) is 6.38. The molecule has 0 bridgehead atoms. The van der Waals surface area contributed by atoms with E-state index in [0.717, 1.165) is 11.3 Å². The monoisotopic (exact) mass is 686 g/mol. The number of carbonyl (C=O) groups is 2. The molecule has 0 unspecified atom stereocenters. The van der Waals surface area contributed by atoms with Gasteiger partial charge in [0.1, 0.15) is 28.3 Å². The number of alkyl halides is 3. The Kier molecular flexibility index (Phi) is 9.98. The summed E-state index contributed by atoms with van der Waals surface area (Å²) >= 11 is 1.14. The Morgan fingerprint density at radius 1 is 1.17 bits per heavy atom. The molecule has 4 aromatic rings. The van der Waals surface area contributed by atoms with E-state index in [4.69, 9.17) is 9.72 Å². The molecule has 2 N–H and O–H groups in total.